The predicted molar refractivity (Wildman–Crippen MR) is 120 cm³/mol. The van der Waals surface area contributed by atoms with Crippen molar-refractivity contribution in [2.75, 3.05) is 25.0 Å². The van der Waals surface area contributed by atoms with E-state index in [-0.39, 0.29) is 25.2 Å². The molecule has 36 heavy (non-hydrogen) atoms. The maximum atomic E-state index is 15.0. The zero-order chi connectivity index (χ0) is 25.1. The molecule has 3 aromatic rings. The van der Waals surface area contributed by atoms with E-state index in [1.54, 1.807) is 33.8 Å². The first-order chi connectivity index (χ1) is 17.2. The Balaban J connectivity index is 1.10. The standard InChI is InChI=1S/C22H25F3N8O3/c1-21(3-4-21)29-20(34)36-14-9-35-18(17(14)23)13-6-15(31-30-13)28-19-26-5-2-16-27-12(8-33(16)19)7-32-10-22(24,25)11-32/h2,5-6,8,14,17-18H,3-4,7,9-11H2,1H3,(H,29,34)(H2,26,28,30,31)/t14-,17-,18-/m0/s1. The van der Waals surface area contributed by atoms with Crippen molar-refractivity contribution in [2.45, 2.75) is 56.2 Å². The number of halogens is 3. The molecule has 1 saturated carbocycles. The Morgan fingerprint density at radius 3 is 2.92 bits per heavy atom. The van der Waals surface area contributed by atoms with Crippen molar-refractivity contribution < 1.29 is 27.4 Å². The van der Waals surface area contributed by atoms with E-state index < -0.39 is 30.4 Å². The van der Waals surface area contributed by atoms with Crippen LogP contribution in [0, 0.1) is 0 Å². The quantitative estimate of drug-likeness (QED) is 0.447. The molecule has 3 aromatic heterocycles. The number of hydrogen-bond donors (Lipinski definition) is 3. The van der Waals surface area contributed by atoms with Gasteiger partial charge in [-0.2, -0.15) is 5.10 Å². The monoisotopic (exact) mass is 506 g/mol. The molecule has 11 nitrogen and oxygen atoms in total. The van der Waals surface area contributed by atoms with E-state index in [9.17, 15) is 13.6 Å². The Bertz CT molecular complexity index is 1280. The fourth-order valence-electron chi connectivity index (χ4n) is 4.41. The highest BCUT2D eigenvalue weighted by atomic mass is 19.3. The summed E-state index contributed by atoms with van der Waals surface area (Å²) in [5, 5.41) is 12.7. The topological polar surface area (TPSA) is 122 Å². The lowest BCUT2D eigenvalue weighted by Gasteiger charge is -2.38. The molecular formula is C22H25F3N8O3. The number of H-pyrrole nitrogens is 1. The molecule has 0 unspecified atom stereocenters. The van der Waals surface area contributed by atoms with E-state index in [0.717, 1.165) is 12.8 Å². The van der Waals surface area contributed by atoms with Gasteiger partial charge in [0, 0.05) is 30.5 Å². The second kappa shape index (κ2) is 8.34. The smallest absolute Gasteiger partial charge is 0.408 e. The minimum absolute atomic E-state index is 0.0701. The summed E-state index contributed by atoms with van der Waals surface area (Å²) in [5.41, 5.74) is 1.34. The highest BCUT2D eigenvalue weighted by Crippen LogP contribution is 2.36. The molecule has 5 heterocycles. The number of aromatic nitrogens is 5. The third kappa shape index (κ3) is 4.57. The van der Waals surface area contributed by atoms with Crippen LogP contribution in [0.15, 0.2) is 24.5 Å². The van der Waals surface area contributed by atoms with Crippen molar-refractivity contribution in [2.24, 2.45) is 0 Å². The number of amides is 1. The van der Waals surface area contributed by atoms with E-state index in [4.69, 9.17) is 9.47 Å². The molecule has 0 aromatic carbocycles. The number of aromatic amines is 1. The third-order valence-electron chi connectivity index (χ3n) is 6.62. The van der Waals surface area contributed by atoms with Gasteiger partial charge in [0.1, 0.15) is 11.8 Å². The van der Waals surface area contributed by atoms with Gasteiger partial charge in [0.25, 0.3) is 5.92 Å². The molecule has 1 amide bonds. The van der Waals surface area contributed by atoms with Crippen molar-refractivity contribution >= 4 is 23.5 Å². The van der Waals surface area contributed by atoms with Crippen LogP contribution in [0.5, 0.6) is 0 Å². The van der Waals surface area contributed by atoms with Crippen molar-refractivity contribution in [1.82, 2.24) is 34.8 Å². The van der Waals surface area contributed by atoms with Gasteiger partial charge in [-0.25, -0.2) is 27.9 Å². The van der Waals surface area contributed by atoms with Gasteiger partial charge < -0.3 is 20.1 Å². The summed E-state index contributed by atoms with van der Waals surface area (Å²) in [7, 11) is 0. The summed E-state index contributed by atoms with van der Waals surface area (Å²) in [6.07, 6.45) is 0.810. The van der Waals surface area contributed by atoms with E-state index in [0.29, 0.717) is 35.3 Å². The van der Waals surface area contributed by atoms with Crippen LogP contribution in [0.1, 0.15) is 37.3 Å². The zero-order valence-corrected chi connectivity index (χ0v) is 19.4. The number of nitrogens with one attached hydrogen (secondary N) is 3. The maximum Gasteiger partial charge on any atom is 0.408 e. The van der Waals surface area contributed by atoms with Crippen molar-refractivity contribution in [3.8, 4) is 0 Å². The molecule has 192 valence electrons. The number of hydrogen-bond acceptors (Lipinski definition) is 8. The molecule has 3 fully saturated rings. The first kappa shape index (κ1) is 23.0. The highest BCUT2D eigenvalue weighted by Gasteiger charge is 2.45. The molecule has 2 saturated heterocycles. The molecule has 0 radical (unpaired) electrons. The lowest BCUT2D eigenvalue weighted by Crippen LogP contribution is -2.55. The average Bonchev–Trinajstić information content (AvgIpc) is 3.14. The fraction of sp³-hybridized carbons (Fsp3) is 0.545. The number of nitrogens with zero attached hydrogens (tertiary/aromatic N) is 5. The van der Waals surface area contributed by atoms with Gasteiger partial charge in [0.2, 0.25) is 5.95 Å². The molecule has 0 spiro atoms. The lowest BCUT2D eigenvalue weighted by molar-refractivity contribution is -0.134. The van der Waals surface area contributed by atoms with Crippen LogP contribution < -0.4 is 10.6 Å². The molecule has 1 aliphatic carbocycles. The van der Waals surface area contributed by atoms with E-state index in [1.807, 2.05) is 6.92 Å². The van der Waals surface area contributed by atoms with Gasteiger partial charge in [-0.15, -0.1) is 0 Å². The second-order valence-corrected chi connectivity index (χ2v) is 9.89. The molecule has 0 bridgehead atoms. The van der Waals surface area contributed by atoms with E-state index in [2.05, 4.69) is 30.8 Å². The Morgan fingerprint density at radius 1 is 1.36 bits per heavy atom. The first-order valence-corrected chi connectivity index (χ1v) is 11.7. The lowest BCUT2D eigenvalue weighted by atomic mass is 10.1. The van der Waals surface area contributed by atoms with Crippen LogP contribution in [-0.2, 0) is 16.0 Å². The summed E-state index contributed by atoms with van der Waals surface area (Å²) >= 11 is 0. The number of carbonyl (C=O) groups is 1. The number of carbonyl (C=O) groups excluding carboxylic acids is 1. The number of alkyl carbamates (subject to hydrolysis) is 1. The first-order valence-electron chi connectivity index (χ1n) is 11.7. The summed E-state index contributed by atoms with van der Waals surface area (Å²) < 4.78 is 53.7. The minimum atomic E-state index is -2.64. The summed E-state index contributed by atoms with van der Waals surface area (Å²) in [6.45, 7) is 1.58. The zero-order valence-electron chi connectivity index (χ0n) is 19.4. The van der Waals surface area contributed by atoms with Crippen molar-refractivity contribution in [3.05, 3.63) is 35.9 Å². The molecule has 3 N–H and O–H groups in total. The number of ether oxygens (including phenoxy) is 2. The van der Waals surface area contributed by atoms with E-state index >= 15 is 4.39 Å². The van der Waals surface area contributed by atoms with Gasteiger partial charge >= 0.3 is 6.09 Å². The molecule has 3 atom stereocenters. The summed E-state index contributed by atoms with van der Waals surface area (Å²) in [5.74, 6) is -1.88. The van der Waals surface area contributed by atoms with Crippen molar-refractivity contribution in [3.63, 3.8) is 0 Å². The van der Waals surface area contributed by atoms with Gasteiger partial charge in [-0.3, -0.25) is 14.4 Å². The van der Waals surface area contributed by atoms with Crippen LogP contribution in [-0.4, -0.2) is 79.0 Å². The minimum Gasteiger partial charge on any atom is -0.441 e. The van der Waals surface area contributed by atoms with Gasteiger partial charge in [0.05, 0.1) is 31.1 Å². The van der Waals surface area contributed by atoms with Crippen LogP contribution in [0.25, 0.3) is 5.65 Å². The third-order valence-corrected chi connectivity index (χ3v) is 6.62. The molecule has 3 aliphatic rings. The summed E-state index contributed by atoms with van der Waals surface area (Å²) in [4.78, 5) is 22.4. The summed E-state index contributed by atoms with van der Waals surface area (Å²) in [6, 6.07) is 3.29. The second-order valence-electron chi connectivity index (χ2n) is 9.89. The number of rotatable bonds is 7. The number of imidazole rings is 1. The van der Waals surface area contributed by atoms with Crippen LogP contribution in [0.4, 0.5) is 29.7 Å². The Hall–Kier alpha value is -3.39. The van der Waals surface area contributed by atoms with Gasteiger partial charge in [-0.05, 0) is 25.8 Å². The molecular weight excluding hydrogens is 481 g/mol. The predicted octanol–water partition coefficient (Wildman–Crippen LogP) is 2.70. The molecule has 6 rings (SSSR count). The van der Waals surface area contributed by atoms with Gasteiger partial charge in [0.15, 0.2) is 18.1 Å². The van der Waals surface area contributed by atoms with Crippen LogP contribution in [0.3, 0.4) is 0 Å². The molecule has 2 aliphatic heterocycles. The maximum absolute atomic E-state index is 15.0. The number of likely N-dealkylation sites (tertiary alicyclic amines) is 1. The number of anilines is 2. The highest BCUT2D eigenvalue weighted by molar-refractivity contribution is 5.69. The Kier molecular flexibility index (Phi) is 5.33. The van der Waals surface area contributed by atoms with E-state index in [1.165, 1.54) is 0 Å². The number of alkyl halides is 3. The average molecular weight is 506 g/mol. The van der Waals surface area contributed by atoms with Crippen LogP contribution >= 0.6 is 0 Å². The fourth-order valence-corrected chi connectivity index (χ4v) is 4.41. The number of fused-ring (bicyclic) bond motifs is 1. The SMILES string of the molecule is CC1(NC(=O)O[C@H]2CO[C@@H](c3cc(Nc4nccc5nc(CN6CC(F)(F)C6)cn45)n[nH]3)[C@H]2F)CC1. The normalized spacial score (nSPS) is 26.5. The largest absolute Gasteiger partial charge is 0.441 e. The Labute approximate surface area is 203 Å². The molecule has 14 heteroatoms. The van der Waals surface area contributed by atoms with Crippen molar-refractivity contribution in [1.29, 1.82) is 0 Å². The van der Waals surface area contributed by atoms with Crippen LogP contribution in [0.2, 0.25) is 0 Å². The Morgan fingerprint density at radius 2 is 2.17 bits per heavy atom. The van der Waals surface area contributed by atoms with Gasteiger partial charge in [-0.1, -0.05) is 0 Å².